The zero-order chi connectivity index (χ0) is 15.2. The lowest BCUT2D eigenvalue weighted by Gasteiger charge is -2.07. The molecule has 0 spiro atoms. The first-order valence-corrected chi connectivity index (χ1v) is 7.14. The Balaban J connectivity index is 1.54. The van der Waals surface area contributed by atoms with E-state index in [0.29, 0.717) is 18.7 Å². The van der Waals surface area contributed by atoms with Crippen LogP contribution < -0.4 is 10.1 Å². The average molecular weight is 292 g/mol. The summed E-state index contributed by atoms with van der Waals surface area (Å²) in [7, 11) is 0. The van der Waals surface area contributed by atoms with Crippen LogP contribution in [0.5, 0.6) is 5.75 Å². The van der Waals surface area contributed by atoms with Crippen LogP contribution in [0.1, 0.15) is 6.42 Å². The quantitative estimate of drug-likeness (QED) is 0.781. The van der Waals surface area contributed by atoms with E-state index in [2.05, 4.69) is 10.3 Å². The topological polar surface area (TPSA) is 51.2 Å². The molecule has 0 radical (unpaired) electrons. The van der Waals surface area contributed by atoms with E-state index in [1.165, 1.54) is 0 Å². The zero-order valence-electron chi connectivity index (χ0n) is 12.0. The summed E-state index contributed by atoms with van der Waals surface area (Å²) < 4.78 is 5.51. The lowest BCUT2D eigenvalue weighted by Crippen LogP contribution is -2.15. The van der Waals surface area contributed by atoms with Gasteiger partial charge in [-0.1, -0.05) is 36.4 Å². The molecule has 2 aromatic carbocycles. The molecule has 3 aromatic rings. The molecule has 0 saturated heterocycles. The Bertz CT molecular complexity index is 772. The lowest BCUT2D eigenvalue weighted by molar-refractivity contribution is -0.116. The number of hydrogen-bond acceptors (Lipinski definition) is 3. The van der Waals surface area contributed by atoms with Crippen molar-refractivity contribution in [2.75, 3.05) is 11.9 Å². The largest absolute Gasteiger partial charge is 0.493 e. The minimum Gasteiger partial charge on any atom is -0.493 e. The molecule has 0 aliphatic rings. The Labute approximate surface area is 128 Å². The highest BCUT2D eigenvalue weighted by atomic mass is 16.5. The second kappa shape index (κ2) is 6.72. The number of benzene rings is 2. The van der Waals surface area contributed by atoms with E-state index >= 15 is 0 Å². The maximum atomic E-state index is 11.9. The molecule has 0 aliphatic heterocycles. The van der Waals surface area contributed by atoms with Crippen LogP contribution in [0.3, 0.4) is 0 Å². The minimum atomic E-state index is -0.0898. The molecule has 4 heteroatoms. The molecular formula is C18H16N2O2. The monoisotopic (exact) mass is 292 g/mol. The van der Waals surface area contributed by atoms with Crippen molar-refractivity contribution >= 4 is 22.5 Å². The van der Waals surface area contributed by atoms with Crippen molar-refractivity contribution in [3.8, 4) is 5.75 Å². The van der Waals surface area contributed by atoms with E-state index in [-0.39, 0.29) is 5.91 Å². The van der Waals surface area contributed by atoms with Crippen LogP contribution in [0.4, 0.5) is 5.69 Å². The van der Waals surface area contributed by atoms with E-state index in [4.69, 9.17) is 4.74 Å². The second-order valence-corrected chi connectivity index (χ2v) is 4.88. The number of fused-ring (bicyclic) bond motifs is 1. The van der Waals surface area contributed by atoms with Gasteiger partial charge in [0, 0.05) is 5.39 Å². The first-order chi connectivity index (χ1) is 10.8. The Morgan fingerprint density at radius 1 is 1.05 bits per heavy atom. The highest BCUT2D eigenvalue weighted by Gasteiger charge is 2.04. The number of anilines is 1. The van der Waals surface area contributed by atoms with Gasteiger partial charge >= 0.3 is 0 Å². The molecule has 4 nitrogen and oxygen atoms in total. The first-order valence-electron chi connectivity index (χ1n) is 7.14. The molecule has 0 fully saturated rings. The number of aromatic nitrogens is 1. The molecule has 3 rings (SSSR count). The maximum absolute atomic E-state index is 11.9. The molecular weight excluding hydrogens is 276 g/mol. The van der Waals surface area contributed by atoms with Gasteiger partial charge in [-0.05, 0) is 24.3 Å². The van der Waals surface area contributed by atoms with E-state index < -0.39 is 0 Å². The van der Waals surface area contributed by atoms with Crippen molar-refractivity contribution in [1.29, 1.82) is 0 Å². The number of ether oxygens (including phenoxy) is 1. The molecule has 22 heavy (non-hydrogen) atoms. The summed E-state index contributed by atoms with van der Waals surface area (Å²) in [6.07, 6.45) is 1.96. The normalized spacial score (nSPS) is 10.4. The third kappa shape index (κ3) is 3.61. The molecule has 1 aromatic heterocycles. The van der Waals surface area contributed by atoms with Crippen molar-refractivity contribution in [3.05, 3.63) is 66.9 Å². The van der Waals surface area contributed by atoms with Gasteiger partial charge in [-0.3, -0.25) is 9.78 Å². The number of para-hydroxylation sites is 2. The van der Waals surface area contributed by atoms with E-state index in [9.17, 15) is 4.79 Å². The molecule has 0 bridgehead atoms. The Morgan fingerprint density at radius 2 is 1.82 bits per heavy atom. The van der Waals surface area contributed by atoms with Gasteiger partial charge in [-0.2, -0.15) is 0 Å². The van der Waals surface area contributed by atoms with E-state index in [1.807, 2.05) is 60.7 Å². The minimum absolute atomic E-state index is 0.0898. The van der Waals surface area contributed by atoms with Gasteiger partial charge in [0.15, 0.2) is 0 Å². The summed E-state index contributed by atoms with van der Waals surface area (Å²) in [6, 6.07) is 19.2. The van der Waals surface area contributed by atoms with Gasteiger partial charge in [-0.15, -0.1) is 0 Å². The van der Waals surface area contributed by atoms with Crippen LogP contribution in [0.15, 0.2) is 66.9 Å². The van der Waals surface area contributed by atoms with Gasteiger partial charge in [0.25, 0.3) is 0 Å². The zero-order valence-corrected chi connectivity index (χ0v) is 12.0. The summed E-state index contributed by atoms with van der Waals surface area (Å²) in [6.45, 7) is 0.344. The van der Waals surface area contributed by atoms with Crippen LogP contribution in [0.25, 0.3) is 10.9 Å². The first kappa shape index (κ1) is 14.1. The van der Waals surface area contributed by atoms with Gasteiger partial charge in [0.2, 0.25) is 5.91 Å². The molecule has 110 valence electrons. The van der Waals surface area contributed by atoms with Crippen molar-refractivity contribution in [2.45, 2.75) is 6.42 Å². The lowest BCUT2D eigenvalue weighted by atomic mass is 10.2. The van der Waals surface area contributed by atoms with E-state index in [0.717, 1.165) is 16.7 Å². The molecule has 1 amide bonds. The summed E-state index contributed by atoms with van der Waals surface area (Å²) in [4.78, 5) is 16.2. The number of hydrogen-bond donors (Lipinski definition) is 1. The summed E-state index contributed by atoms with van der Waals surface area (Å²) in [5.41, 5.74) is 1.61. The number of nitrogens with zero attached hydrogens (tertiary/aromatic N) is 1. The highest BCUT2D eigenvalue weighted by Crippen LogP contribution is 2.16. The number of carbonyl (C=O) groups excluding carboxylic acids is 1. The molecule has 0 aliphatic carbocycles. The molecule has 1 heterocycles. The van der Waals surface area contributed by atoms with Crippen LogP contribution in [0, 0.1) is 0 Å². The van der Waals surface area contributed by atoms with Gasteiger partial charge in [-0.25, -0.2) is 0 Å². The van der Waals surface area contributed by atoms with Crippen molar-refractivity contribution in [1.82, 2.24) is 4.98 Å². The second-order valence-electron chi connectivity index (χ2n) is 4.88. The molecule has 0 atom stereocenters. The predicted octanol–water partition coefficient (Wildman–Crippen LogP) is 3.64. The third-order valence-electron chi connectivity index (χ3n) is 3.22. The Hall–Kier alpha value is -2.88. The van der Waals surface area contributed by atoms with Crippen molar-refractivity contribution in [2.24, 2.45) is 0 Å². The standard InChI is InChI=1S/C18H16N2O2/c21-18(10-11-22-16-7-2-1-3-8-16)20-15-12-14-6-4-5-9-17(14)19-13-15/h1-9,12-13H,10-11H2,(H,20,21). The average Bonchev–Trinajstić information content (AvgIpc) is 2.56. The predicted molar refractivity (Wildman–Crippen MR) is 86.9 cm³/mol. The number of nitrogens with one attached hydrogen (secondary N) is 1. The summed E-state index contributed by atoms with van der Waals surface area (Å²) in [5, 5.41) is 3.84. The number of rotatable bonds is 5. The fourth-order valence-corrected chi connectivity index (χ4v) is 2.14. The van der Waals surface area contributed by atoms with Crippen LogP contribution in [0.2, 0.25) is 0 Å². The van der Waals surface area contributed by atoms with Crippen LogP contribution in [-0.2, 0) is 4.79 Å². The third-order valence-corrected chi connectivity index (χ3v) is 3.22. The molecule has 0 saturated carbocycles. The molecule has 1 N–H and O–H groups in total. The summed E-state index contributed by atoms with van der Waals surface area (Å²) >= 11 is 0. The summed E-state index contributed by atoms with van der Waals surface area (Å²) in [5.74, 6) is 0.677. The van der Waals surface area contributed by atoms with Gasteiger partial charge < -0.3 is 10.1 Å². The smallest absolute Gasteiger partial charge is 0.227 e. The fraction of sp³-hybridized carbons (Fsp3) is 0.111. The maximum Gasteiger partial charge on any atom is 0.227 e. The Kier molecular flexibility index (Phi) is 4.30. The number of amides is 1. The highest BCUT2D eigenvalue weighted by molar-refractivity contribution is 5.93. The number of pyridine rings is 1. The molecule has 0 unspecified atom stereocenters. The Morgan fingerprint density at radius 3 is 2.68 bits per heavy atom. The van der Waals surface area contributed by atoms with Gasteiger partial charge in [0.1, 0.15) is 5.75 Å². The van der Waals surface area contributed by atoms with Crippen LogP contribution >= 0.6 is 0 Å². The van der Waals surface area contributed by atoms with Gasteiger partial charge in [0.05, 0.1) is 30.4 Å². The van der Waals surface area contributed by atoms with Crippen molar-refractivity contribution < 1.29 is 9.53 Å². The van der Waals surface area contributed by atoms with E-state index in [1.54, 1.807) is 6.20 Å². The fourth-order valence-electron chi connectivity index (χ4n) is 2.14. The SMILES string of the molecule is O=C(CCOc1ccccc1)Nc1cnc2ccccc2c1. The van der Waals surface area contributed by atoms with Crippen LogP contribution in [-0.4, -0.2) is 17.5 Å². The number of carbonyl (C=O) groups is 1. The van der Waals surface area contributed by atoms with Crippen molar-refractivity contribution in [3.63, 3.8) is 0 Å².